The lowest BCUT2D eigenvalue weighted by Crippen LogP contribution is -2.17. The van der Waals surface area contributed by atoms with E-state index in [1.807, 2.05) is 0 Å². The number of carbonyl (C=O) groups is 2. The molecular weight excluding hydrogens is 439 g/mol. The van der Waals surface area contributed by atoms with Crippen LogP contribution in [-0.2, 0) is 6.42 Å². The summed E-state index contributed by atoms with van der Waals surface area (Å²) in [6, 6.07) is 11.9. The number of aromatic hydroxyl groups is 1. The first-order valence-electron chi connectivity index (χ1n) is 8.66. The Balaban J connectivity index is 0.00000341. The third kappa shape index (κ3) is 5.81. The molecule has 0 radical (unpaired) electrons. The number of carbonyl (C=O) groups excluding carboxylic acids is 2. The van der Waals surface area contributed by atoms with Gasteiger partial charge in [0.05, 0.1) is 5.02 Å². The largest absolute Gasteiger partial charge is 0.508 e. The second-order valence-corrected chi connectivity index (χ2v) is 7.23. The van der Waals surface area contributed by atoms with E-state index < -0.39 is 5.91 Å². The third-order valence-corrected chi connectivity index (χ3v) is 4.70. The van der Waals surface area contributed by atoms with Crippen LogP contribution < -0.4 is 11.1 Å². The molecular formula is C22H20Cl2N4O3. The predicted octanol–water partition coefficient (Wildman–Crippen LogP) is 4.69. The molecule has 0 aliphatic carbocycles. The van der Waals surface area contributed by atoms with Gasteiger partial charge in [0.1, 0.15) is 17.4 Å². The van der Waals surface area contributed by atoms with Gasteiger partial charge in [-0.3, -0.25) is 15.0 Å². The first kappa shape index (κ1) is 23.9. The zero-order chi connectivity index (χ0) is 21.8. The van der Waals surface area contributed by atoms with Crippen molar-refractivity contribution in [2.75, 3.05) is 5.32 Å². The molecule has 3 rings (SSSR count). The number of rotatable bonds is 6. The van der Waals surface area contributed by atoms with Gasteiger partial charge in [0, 0.05) is 39.9 Å². The van der Waals surface area contributed by atoms with E-state index in [0.29, 0.717) is 16.1 Å². The number of hydrogen-bond acceptors (Lipinski definition) is 5. The van der Waals surface area contributed by atoms with E-state index in [-0.39, 0.29) is 53.2 Å². The zero-order valence-electron chi connectivity index (χ0n) is 15.4. The maximum absolute atomic E-state index is 12.8. The van der Waals surface area contributed by atoms with Gasteiger partial charge in [0.15, 0.2) is 5.78 Å². The molecule has 9 heteroatoms. The molecule has 0 aliphatic rings. The standard InChI is InChI=1S/C21H16Cl2N4O3.CH4/c22-13-5-6-19(26-10-13)27-21(30)16-7-14(23)8-18(29)15(16)9-17(28)11-1-3-12(4-2-11)20(24)25;/h1-8,10,29H,9H2,(H3,24,25)(H,26,27,30);1H4. The molecule has 1 heterocycles. The number of hydrogen-bond donors (Lipinski definition) is 4. The lowest BCUT2D eigenvalue weighted by atomic mass is 9.96. The Labute approximate surface area is 189 Å². The van der Waals surface area contributed by atoms with Gasteiger partial charge in [-0.05, 0) is 24.3 Å². The summed E-state index contributed by atoms with van der Waals surface area (Å²) in [5, 5.41) is 20.9. The average molecular weight is 459 g/mol. The van der Waals surface area contributed by atoms with Crippen molar-refractivity contribution in [2.24, 2.45) is 5.73 Å². The quantitative estimate of drug-likeness (QED) is 0.241. The molecule has 0 atom stereocenters. The Morgan fingerprint density at radius 2 is 1.68 bits per heavy atom. The minimum absolute atomic E-state index is 0. The summed E-state index contributed by atoms with van der Waals surface area (Å²) in [6.07, 6.45) is 1.14. The van der Waals surface area contributed by atoms with Crippen LogP contribution in [0.2, 0.25) is 10.0 Å². The number of nitrogen functional groups attached to an aromatic ring is 1. The van der Waals surface area contributed by atoms with Crippen LogP contribution in [0.4, 0.5) is 5.82 Å². The maximum atomic E-state index is 12.8. The van der Waals surface area contributed by atoms with Crippen LogP contribution in [0.25, 0.3) is 0 Å². The average Bonchev–Trinajstić information content (AvgIpc) is 2.71. The lowest BCUT2D eigenvalue weighted by molar-refractivity contribution is 0.0991. The topological polar surface area (TPSA) is 129 Å². The summed E-state index contributed by atoms with van der Waals surface area (Å²) >= 11 is 11.8. The van der Waals surface area contributed by atoms with Gasteiger partial charge >= 0.3 is 0 Å². The van der Waals surface area contributed by atoms with Crippen LogP contribution in [0.3, 0.4) is 0 Å². The number of nitrogens with two attached hydrogens (primary N) is 1. The summed E-state index contributed by atoms with van der Waals surface area (Å²) in [5.41, 5.74) is 6.43. The number of halogens is 2. The van der Waals surface area contributed by atoms with Crippen LogP contribution in [0.5, 0.6) is 5.75 Å². The number of ketones is 1. The van der Waals surface area contributed by atoms with Gasteiger partial charge in [0.25, 0.3) is 5.91 Å². The number of amides is 1. The van der Waals surface area contributed by atoms with Crippen LogP contribution in [0.1, 0.15) is 39.3 Å². The summed E-state index contributed by atoms with van der Waals surface area (Å²) in [6.45, 7) is 0. The predicted molar refractivity (Wildman–Crippen MR) is 123 cm³/mol. The van der Waals surface area contributed by atoms with Gasteiger partial charge in [0.2, 0.25) is 0 Å². The molecule has 0 spiro atoms. The number of phenols is 1. The number of pyridine rings is 1. The molecule has 0 saturated heterocycles. The van der Waals surface area contributed by atoms with Crippen LogP contribution in [0, 0.1) is 5.41 Å². The molecule has 0 aliphatic heterocycles. The molecule has 2 aromatic carbocycles. The molecule has 0 unspecified atom stereocenters. The molecule has 31 heavy (non-hydrogen) atoms. The van der Waals surface area contributed by atoms with Crippen molar-refractivity contribution in [3.8, 4) is 5.75 Å². The fourth-order valence-corrected chi connectivity index (χ4v) is 3.07. The number of phenolic OH excluding ortho intramolecular Hbond substituents is 1. The van der Waals surface area contributed by atoms with E-state index in [1.165, 1.54) is 36.5 Å². The summed E-state index contributed by atoms with van der Waals surface area (Å²) in [7, 11) is 0. The molecule has 5 N–H and O–H groups in total. The molecule has 7 nitrogen and oxygen atoms in total. The van der Waals surface area contributed by atoms with Gasteiger partial charge in [-0.25, -0.2) is 4.98 Å². The van der Waals surface area contributed by atoms with Gasteiger partial charge < -0.3 is 16.2 Å². The highest BCUT2D eigenvalue weighted by Crippen LogP contribution is 2.28. The van der Waals surface area contributed by atoms with E-state index in [2.05, 4.69) is 10.3 Å². The van der Waals surface area contributed by atoms with Gasteiger partial charge in [-0.2, -0.15) is 0 Å². The van der Waals surface area contributed by atoms with E-state index in [4.69, 9.17) is 34.3 Å². The highest BCUT2D eigenvalue weighted by Gasteiger charge is 2.20. The van der Waals surface area contributed by atoms with Crippen molar-refractivity contribution in [3.63, 3.8) is 0 Å². The van der Waals surface area contributed by atoms with Crippen molar-refractivity contribution < 1.29 is 14.7 Å². The number of aromatic nitrogens is 1. The fraction of sp³-hybridized carbons (Fsp3) is 0.0909. The lowest BCUT2D eigenvalue weighted by Gasteiger charge is -2.12. The van der Waals surface area contributed by atoms with Crippen molar-refractivity contribution in [3.05, 3.63) is 87.0 Å². The van der Waals surface area contributed by atoms with E-state index in [0.717, 1.165) is 0 Å². The minimum Gasteiger partial charge on any atom is -0.508 e. The van der Waals surface area contributed by atoms with Crippen molar-refractivity contribution in [1.82, 2.24) is 4.98 Å². The Bertz CT molecular complexity index is 1130. The van der Waals surface area contributed by atoms with E-state index in [1.54, 1.807) is 18.2 Å². The van der Waals surface area contributed by atoms with E-state index in [9.17, 15) is 14.7 Å². The van der Waals surface area contributed by atoms with Gasteiger partial charge in [-0.15, -0.1) is 0 Å². The number of anilines is 1. The molecule has 1 amide bonds. The number of nitrogens with zero attached hydrogens (tertiary/aromatic N) is 1. The summed E-state index contributed by atoms with van der Waals surface area (Å²) in [5.74, 6) is -1.05. The first-order valence-corrected chi connectivity index (χ1v) is 9.42. The SMILES string of the molecule is C.N=C(N)c1ccc(C(=O)Cc2c(O)cc(Cl)cc2C(=O)Nc2ccc(Cl)cn2)cc1. The molecule has 0 bridgehead atoms. The summed E-state index contributed by atoms with van der Waals surface area (Å²) < 4.78 is 0. The first-order chi connectivity index (χ1) is 14.2. The number of benzene rings is 2. The smallest absolute Gasteiger partial charge is 0.257 e. The molecule has 0 fully saturated rings. The number of Topliss-reactive ketones (excluding diaryl/α,β-unsaturated/α-hetero) is 1. The normalized spacial score (nSPS) is 10.1. The van der Waals surface area contributed by atoms with Crippen LogP contribution >= 0.6 is 23.2 Å². The number of nitrogens with one attached hydrogen (secondary N) is 2. The van der Waals surface area contributed by atoms with E-state index >= 15 is 0 Å². The van der Waals surface area contributed by atoms with Crippen molar-refractivity contribution >= 4 is 46.5 Å². The van der Waals surface area contributed by atoms with Crippen molar-refractivity contribution in [2.45, 2.75) is 13.8 Å². The second-order valence-electron chi connectivity index (χ2n) is 6.36. The Morgan fingerprint density at radius 1 is 1.03 bits per heavy atom. The molecule has 3 aromatic rings. The Kier molecular flexibility index (Phi) is 7.74. The van der Waals surface area contributed by atoms with Gasteiger partial charge in [-0.1, -0.05) is 54.9 Å². The Hall–Kier alpha value is -3.42. The maximum Gasteiger partial charge on any atom is 0.257 e. The van der Waals surface area contributed by atoms with Crippen LogP contribution in [-0.4, -0.2) is 27.6 Å². The van der Waals surface area contributed by atoms with Crippen molar-refractivity contribution in [1.29, 1.82) is 5.41 Å². The second kappa shape index (κ2) is 10.1. The third-order valence-electron chi connectivity index (χ3n) is 4.26. The molecule has 160 valence electrons. The van der Waals surface area contributed by atoms with Crippen LogP contribution in [0.15, 0.2) is 54.7 Å². The summed E-state index contributed by atoms with van der Waals surface area (Å²) in [4.78, 5) is 29.5. The zero-order valence-corrected chi connectivity index (χ0v) is 17.0. The highest BCUT2D eigenvalue weighted by atomic mass is 35.5. The highest BCUT2D eigenvalue weighted by molar-refractivity contribution is 6.31. The molecule has 0 saturated carbocycles. The minimum atomic E-state index is -0.586. The number of amidine groups is 1. The molecule has 1 aromatic heterocycles. The monoisotopic (exact) mass is 458 g/mol. The fourth-order valence-electron chi connectivity index (χ4n) is 2.74. The Morgan fingerprint density at radius 3 is 2.26 bits per heavy atom.